The first-order valence-electron chi connectivity index (χ1n) is 7.68. The summed E-state index contributed by atoms with van der Waals surface area (Å²) in [7, 11) is 0. The van der Waals surface area contributed by atoms with Gasteiger partial charge in [-0.05, 0) is 43.9 Å². The van der Waals surface area contributed by atoms with E-state index in [9.17, 15) is 0 Å². The minimum atomic E-state index is -0.128. The van der Waals surface area contributed by atoms with Gasteiger partial charge in [-0.15, -0.1) is 11.6 Å². The van der Waals surface area contributed by atoms with Crippen molar-refractivity contribution in [1.82, 2.24) is 9.55 Å². The van der Waals surface area contributed by atoms with Crippen LogP contribution >= 0.6 is 11.6 Å². The van der Waals surface area contributed by atoms with Crippen LogP contribution in [-0.2, 0) is 0 Å². The third-order valence-corrected chi connectivity index (χ3v) is 4.79. The van der Waals surface area contributed by atoms with Crippen molar-refractivity contribution in [2.24, 2.45) is 5.92 Å². The topological polar surface area (TPSA) is 41.6 Å². The number of rotatable bonds is 2. The highest BCUT2D eigenvalue weighted by molar-refractivity contribution is 6.20. The van der Waals surface area contributed by atoms with Crippen molar-refractivity contribution < 1.29 is 0 Å². The van der Waals surface area contributed by atoms with E-state index in [1.807, 2.05) is 25.1 Å². The first kappa shape index (κ1) is 14.4. The Labute approximate surface area is 130 Å². The number of aromatic nitrogens is 2. The van der Waals surface area contributed by atoms with Crippen molar-refractivity contribution in [3.63, 3.8) is 0 Å². The molecular weight excluding hydrogens is 282 g/mol. The number of nitrogens with zero attached hydrogens (tertiary/aromatic N) is 3. The molecule has 0 spiro atoms. The Hall–Kier alpha value is -1.53. The summed E-state index contributed by atoms with van der Waals surface area (Å²) in [5.41, 5.74) is 2.67. The number of hydrogen-bond donors (Lipinski definition) is 0. The lowest BCUT2D eigenvalue weighted by Gasteiger charge is -2.32. The van der Waals surface area contributed by atoms with E-state index in [4.69, 9.17) is 21.8 Å². The highest BCUT2D eigenvalue weighted by Crippen LogP contribution is 2.38. The molecule has 0 N–H and O–H groups in total. The second-order valence-electron chi connectivity index (χ2n) is 6.10. The van der Waals surface area contributed by atoms with Gasteiger partial charge in [-0.3, -0.25) is 0 Å². The molecule has 0 saturated heterocycles. The molecule has 1 aliphatic rings. The Kier molecular flexibility index (Phi) is 3.91. The van der Waals surface area contributed by atoms with E-state index in [1.165, 1.54) is 25.7 Å². The third kappa shape index (κ3) is 2.53. The summed E-state index contributed by atoms with van der Waals surface area (Å²) in [6.07, 6.45) is 4.97. The monoisotopic (exact) mass is 301 g/mol. The van der Waals surface area contributed by atoms with E-state index in [0.717, 1.165) is 16.9 Å². The summed E-state index contributed by atoms with van der Waals surface area (Å²) < 4.78 is 2.30. The first-order chi connectivity index (χ1) is 10.1. The molecule has 1 saturated carbocycles. The molecule has 110 valence electrons. The van der Waals surface area contributed by atoms with Crippen LogP contribution in [0.4, 0.5) is 0 Å². The SMILES string of the molecule is CC(Cl)c1nc2ccc(C#N)cc2n1C1CCCCC1C. The molecule has 1 aromatic heterocycles. The summed E-state index contributed by atoms with van der Waals surface area (Å²) in [5.74, 6) is 1.55. The van der Waals surface area contributed by atoms with E-state index in [-0.39, 0.29) is 5.38 Å². The number of imidazole rings is 1. The van der Waals surface area contributed by atoms with Gasteiger partial charge in [-0.25, -0.2) is 4.98 Å². The maximum absolute atomic E-state index is 9.16. The Balaban J connectivity index is 2.21. The quantitative estimate of drug-likeness (QED) is 0.736. The zero-order valence-electron chi connectivity index (χ0n) is 12.5. The predicted octanol–water partition coefficient (Wildman–Crippen LogP) is 4.96. The van der Waals surface area contributed by atoms with Gasteiger partial charge in [-0.2, -0.15) is 5.26 Å². The fourth-order valence-corrected chi connectivity index (χ4v) is 3.64. The van der Waals surface area contributed by atoms with Crippen molar-refractivity contribution in [1.29, 1.82) is 5.26 Å². The van der Waals surface area contributed by atoms with E-state index >= 15 is 0 Å². The first-order valence-corrected chi connectivity index (χ1v) is 8.11. The van der Waals surface area contributed by atoms with E-state index in [2.05, 4.69) is 17.6 Å². The Morgan fingerprint density at radius 3 is 2.81 bits per heavy atom. The number of benzene rings is 1. The van der Waals surface area contributed by atoms with Crippen molar-refractivity contribution in [2.75, 3.05) is 0 Å². The number of hydrogen-bond acceptors (Lipinski definition) is 2. The minimum Gasteiger partial charge on any atom is -0.323 e. The van der Waals surface area contributed by atoms with Gasteiger partial charge in [0.2, 0.25) is 0 Å². The van der Waals surface area contributed by atoms with Crippen LogP contribution in [0.1, 0.15) is 62.3 Å². The van der Waals surface area contributed by atoms with Crippen LogP contribution in [0, 0.1) is 17.2 Å². The van der Waals surface area contributed by atoms with Crippen LogP contribution in [-0.4, -0.2) is 9.55 Å². The standard InChI is InChI=1S/C17H20ClN3/c1-11-5-3-4-6-15(11)21-16-9-13(10-19)7-8-14(16)20-17(21)12(2)18/h7-9,11-12,15H,3-6H2,1-2H3. The lowest BCUT2D eigenvalue weighted by Crippen LogP contribution is -2.23. The van der Waals surface area contributed by atoms with Gasteiger partial charge < -0.3 is 4.57 Å². The smallest absolute Gasteiger partial charge is 0.127 e. The van der Waals surface area contributed by atoms with Crippen LogP contribution in [0.3, 0.4) is 0 Å². The van der Waals surface area contributed by atoms with Gasteiger partial charge in [-0.1, -0.05) is 19.8 Å². The molecule has 1 heterocycles. The number of fused-ring (bicyclic) bond motifs is 1. The summed E-state index contributed by atoms with van der Waals surface area (Å²) in [6, 6.07) is 8.37. The zero-order chi connectivity index (χ0) is 15.0. The Bertz CT molecular complexity index is 696. The fraction of sp³-hybridized carbons (Fsp3) is 0.529. The van der Waals surface area contributed by atoms with E-state index < -0.39 is 0 Å². The van der Waals surface area contributed by atoms with Gasteiger partial charge in [0.05, 0.1) is 28.0 Å². The molecular formula is C17H20ClN3. The van der Waals surface area contributed by atoms with Crippen LogP contribution in [0.25, 0.3) is 11.0 Å². The molecule has 2 aromatic rings. The van der Waals surface area contributed by atoms with Crippen molar-refractivity contribution in [2.45, 2.75) is 50.9 Å². The molecule has 3 atom stereocenters. The zero-order valence-corrected chi connectivity index (χ0v) is 13.3. The maximum Gasteiger partial charge on any atom is 0.127 e. The summed E-state index contributed by atoms with van der Waals surface area (Å²) in [4.78, 5) is 4.72. The molecule has 0 radical (unpaired) electrons. The van der Waals surface area contributed by atoms with Gasteiger partial charge in [0.15, 0.2) is 0 Å². The number of halogens is 1. The fourth-order valence-electron chi connectivity index (χ4n) is 3.49. The van der Waals surface area contributed by atoms with Gasteiger partial charge in [0.25, 0.3) is 0 Å². The van der Waals surface area contributed by atoms with E-state index in [1.54, 1.807) is 0 Å². The van der Waals surface area contributed by atoms with Crippen molar-refractivity contribution in [3.8, 4) is 6.07 Å². The number of alkyl halides is 1. The molecule has 21 heavy (non-hydrogen) atoms. The van der Waals surface area contributed by atoms with Gasteiger partial charge in [0.1, 0.15) is 5.82 Å². The average Bonchev–Trinajstić information content (AvgIpc) is 2.86. The Morgan fingerprint density at radius 2 is 2.14 bits per heavy atom. The molecule has 0 aliphatic heterocycles. The van der Waals surface area contributed by atoms with Gasteiger partial charge in [0, 0.05) is 6.04 Å². The lowest BCUT2D eigenvalue weighted by atomic mass is 9.85. The van der Waals surface area contributed by atoms with Crippen LogP contribution in [0.15, 0.2) is 18.2 Å². The largest absolute Gasteiger partial charge is 0.323 e. The van der Waals surface area contributed by atoms with Gasteiger partial charge >= 0.3 is 0 Å². The number of nitriles is 1. The normalized spacial score (nSPS) is 23.9. The Morgan fingerprint density at radius 1 is 1.38 bits per heavy atom. The molecule has 3 unspecified atom stereocenters. The molecule has 4 heteroatoms. The molecule has 1 aliphatic carbocycles. The molecule has 1 fully saturated rings. The summed E-state index contributed by atoms with van der Waals surface area (Å²) in [6.45, 7) is 4.28. The summed E-state index contributed by atoms with van der Waals surface area (Å²) in [5, 5.41) is 9.03. The van der Waals surface area contributed by atoms with Crippen LogP contribution < -0.4 is 0 Å². The average molecular weight is 302 g/mol. The molecule has 0 amide bonds. The van der Waals surface area contributed by atoms with Crippen LogP contribution in [0.2, 0.25) is 0 Å². The highest BCUT2D eigenvalue weighted by atomic mass is 35.5. The molecule has 3 nitrogen and oxygen atoms in total. The predicted molar refractivity (Wildman–Crippen MR) is 85.4 cm³/mol. The highest BCUT2D eigenvalue weighted by Gasteiger charge is 2.28. The third-order valence-electron chi connectivity index (χ3n) is 4.60. The second kappa shape index (κ2) is 5.69. The van der Waals surface area contributed by atoms with Crippen molar-refractivity contribution >= 4 is 22.6 Å². The second-order valence-corrected chi connectivity index (χ2v) is 6.76. The maximum atomic E-state index is 9.16. The van der Waals surface area contributed by atoms with E-state index in [0.29, 0.717) is 17.5 Å². The van der Waals surface area contributed by atoms with Crippen LogP contribution in [0.5, 0.6) is 0 Å². The molecule has 3 rings (SSSR count). The minimum absolute atomic E-state index is 0.128. The summed E-state index contributed by atoms with van der Waals surface area (Å²) >= 11 is 6.37. The lowest BCUT2D eigenvalue weighted by molar-refractivity contribution is 0.257. The molecule has 1 aromatic carbocycles. The molecule has 0 bridgehead atoms. The van der Waals surface area contributed by atoms with Crippen molar-refractivity contribution in [3.05, 3.63) is 29.6 Å².